The first-order valence-electron chi connectivity index (χ1n) is 3.71. The number of carbonyl (C=O) groups is 2. The normalized spacial score (nSPS) is 12.4. The lowest BCUT2D eigenvalue weighted by atomic mass is 10.1. The highest BCUT2D eigenvalue weighted by molar-refractivity contribution is 6.00. The van der Waals surface area contributed by atoms with E-state index >= 15 is 0 Å². The Morgan fingerprint density at radius 2 is 1.93 bits per heavy atom. The lowest BCUT2D eigenvalue weighted by Crippen LogP contribution is -2.08. The van der Waals surface area contributed by atoms with Crippen LogP contribution in [0.25, 0.3) is 0 Å². The van der Waals surface area contributed by atoms with Crippen molar-refractivity contribution < 1.29 is 29.3 Å². The number of aliphatic hydroxyl groups excluding tert-OH is 1. The van der Waals surface area contributed by atoms with Gasteiger partial charge in [0.2, 0.25) is 5.76 Å². The van der Waals surface area contributed by atoms with E-state index in [1.165, 1.54) is 6.92 Å². The summed E-state index contributed by atoms with van der Waals surface area (Å²) < 4.78 is 4.54. The Balaban J connectivity index is 3.35. The molecular formula is C8H8O6. The van der Waals surface area contributed by atoms with Crippen LogP contribution in [0.15, 0.2) is 10.7 Å². The molecule has 6 nitrogen and oxygen atoms in total. The van der Waals surface area contributed by atoms with Crippen LogP contribution in [0.2, 0.25) is 0 Å². The van der Waals surface area contributed by atoms with Crippen LogP contribution in [0, 0.1) is 0 Å². The minimum atomic E-state index is -1.48. The van der Waals surface area contributed by atoms with Crippen molar-refractivity contribution in [2.75, 3.05) is 0 Å². The summed E-state index contributed by atoms with van der Waals surface area (Å²) in [6.07, 6.45) is -0.157. The van der Waals surface area contributed by atoms with Crippen molar-refractivity contribution >= 4 is 11.9 Å². The Morgan fingerprint density at radius 1 is 1.36 bits per heavy atom. The van der Waals surface area contributed by atoms with E-state index in [1.807, 2.05) is 0 Å². The number of aliphatic hydroxyl groups is 1. The van der Waals surface area contributed by atoms with Crippen LogP contribution in [0.4, 0.5) is 0 Å². The zero-order chi connectivity index (χ0) is 10.9. The highest BCUT2D eigenvalue weighted by atomic mass is 16.4. The summed E-state index contributed by atoms with van der Waals surface area (Å²) in [5.74, 6) is -3.59. The predicted octanol–water partition coefficient (Wildman–Crippen LogP) is 0.729. The molecular weight excluding hydrogens is 192 g/mol. The molecule has 0 aromatic carbocycles. The Labute approximate surface area is 78.4 Å². The number of hydrogen-bond acceptors (Lipinski definition) is 4. The van der Waals surface area contributed by atoms with E-state index in [1.54, 1.807) is 0 Å². The number of carboxylic acids is 2. The zero-order valence-electron chi connectivity index (χ0n) is 7.22. The standard InChI is InChI=1S/C8H8O6/c1-3(9)4-2-14-6(8(12)13)5(4)7(10)11/h2-3,9H,1H3,(H,10,11)(H,12,13). The van der Waals surface area contributed by atoms with Crippen LogP contribution >= 0.6 is 0 Å². The molecule has 0 aliphatic heterocycles. The van der Waals surface area contributed by atoms with Crippen molar-refractivity contribution in [1.82, 2.24) is 0 Å². The van der Waals surface area contributed by atoms with Crippen molar-refractivity contribution in [1.29, 1.82) is 0 Å². The predicted molar refractivity (Wildman–Crippen MR) is 43.3 cm³/mol. The van der Waals surface area contributed by atoms with Crippen LogP contribution in [0.3, 0.4) is 0 Å². The molecule has 0 aliphatic rings. The van der Waals surface area contributed by atoms with Crippen LogP contribution in [0.5, 0.6) is 0 Å². The molecule has 6 heteroatoms. The van der Waals surface area contributed by atoms with E-state index in [0.717, 1.165) is 6.26 Å². The van der Waals surface area contributed by atoms with E-state index in [0.29, 0.717) is 0 Å². The molecule has 0 bridgehead atoms. The molecule has 0 spiro atoms. The Morgan fingerprint density at radius 3 is 2.29 bits per heavy atom. The van der Waals surface area contributed by atoms with Gasteiger partial charge in [-0.05, 0) is 6.92 Å². The number of hydrogen-bond donors (Lipinski definition) is 3. The van der Waals surface area contributed by atoms with Crippen LogP contribution < -0.4 is 0 Å². The van der Waals surface area contributed by atoms with E-state index in [-0.39, 0.29) is 5.56 Å². The first-order valence-corrected chi connectivity index (χ1v) is 3.71. The third-order valence-corrected chi connectivity index (χ3v) is 1.68. The summed E-state index contributed by atoms with van der Waals surface area (Å²) in [6.45, 7) is 1.32. The van der Waals surface area contributed by atoms with Gasteiger partial charge < -0.3 is 19.7 Å². The van der Waals surface area contributed by atoms with Gasteiger partial charge in [-0.25, -0.2) is 9.59 Å². The van der Waals surface area contributed by atoms with E-state index < -0.39 is 29.4 Å². The van der Waals surface area contributed by atoms with Gasteiger partial charge in [-0.3, -0.25) is 0 Å². The summed E-state index contributed by atoms with van der Waals surface area (Å²) in [5, 5.41) is 26.4. The number of carboxylic acid groups (broad SMARTS) is 2. The Hall–Kier alpha value is -1.82. The van der Waals surface area contributed by atoms with Gasteiger partial charge >= 0.3 is 11.9 Å². The van der Waals surface area contributed by atoms with E-state index in [2.05, 4.69) is 4.42 Å². The molecule has 1 unspecified atom stereocenters. The number of furan rings is 1. The van der Waals surface area contributed by atoms with Gasteiger partial charge in [0, 0.05) is 5.56 Å². The summed E-state index contributed by atoms with van der Waals surface area (Å²) in [7, 11) is 0. The van der Waals surface area contributed by atoms with Gasteiger partial charge in [0.25, 0.3) is 0 Å². The minimum absolute atomic E-state index is 0.0464. The smallest absolute Gasteiger partial charge is 0.372 e. The van der Waals surface area contributed by atoms with Crippen molar-refractivity contribution in [2.24, 2.45) is 0 Å². The maximum atomic E-state index is 10.7. The molecule has 0 saturated carbocycles. The molecule has 76 valence electrons. The maximum absolute atomic E-state index is 10.7. The molecule has 1 rings (SSSR count). The zero-order valence-corrected chi connectivity index (χ0v) is 7.22. The minimum Gasteiger partial charge on any atom is -0.478 e. The molecule has 1 aromatic heterocycles. The molecule has 1 aromatic rings. The topological polar surface area (TPSA) is 108 Å². The van der Waals surface area contributed by atoms with E-state index in [4.69, 9.17) is 15.3 Å². The fourth-order valence-electron chi connectivity index (χ4n) is 1.06. The molecule has 1 atom stereocenters. The fraction of sp³-hybridized carbons (Fsp3) is 0.250. The van der Waals surface area contributed by atoms with Crippen molar-refractivity contribution in [3.8, 4) is 0 Å². The lowest BCUT2D eigenvalue weighted by molar-refractivity contribution is 0.0624. The third kappa shape index (κ3) is 1.60. The van der Waals surface area contributed by atoms with Gasteiger partial charge in [-0.1, -0.05) is 0 Å². The van der Waals surface area contributed by atoms with Crippen molar-refractivity contribution in [3.05, 3.63) is 23.2 Å². The summed E-state index contributed by atoms with van der Waals surface area (Å²) >= 11 is 0. The largest absolute Gasteiger partial charge is 0.478 e. The molecule has 1 heterocycles. The molecule has 0 aliphatic carbocycles. The first kappa shape index (κ1) is 10.3. The maximum Gasteiger partial charge on any atom is 0.372 e. The second-order valence-corrected chi connectivity index (χ2v) is 2.68. The molecule has 0 fully saturated rings. The highest BCUT2D eigenvalue weighted by Gasteiger charge is 2.26. The van der Waals surface area contributed by atoms with Gasteiger partial charge in [0.15, 0.2) is 0 Å². The van der Waals surface area contributed by atoms with Crippen LogP contribution in [0.1, 0.15) is 39.5 Å². The fourth-order valence-corrected chi connectivity index (χ4v) is 1.06. The Bertz CT molecular complexity index is 375. The molecule has 0 saturated heterocycles. The summed E-state index contributed by atoms with van der Waals surface area (Å²) in [6, 6.07) is 0. The second-order valence-electron chi connectivity index (χ2n) is 2.68. The molecule has 0 radical (unpaired) electrons. The summed E-state index contributed by atoms with van der Waals surface area (Å²) in [5.41, 5.74) is -0.553. The van der Waals surface area contributed by atoms with Gasteiger partial charge in [0.1, 0.15) is 5.56 Å². The Kier molecular flexibility index (Phi) is 2.57. The van der Waals surface area contributed by atoms with Gasteiger partial charge in [0.05, 0.1) is 12.4 Å². The number of rotatable bonds is 3. The SMILES string of the molecule is CC(O)c1coc(C(=O)O)c1C(=O)O. The van der Waals surface area contributed by atoms with Crippen molar-refractivity contribution in [3.63, 3.8) is 0 Å². The molecule has 14 heavy (non-hydrogen) atoms. The van der Waals surface area contributed by atoms with Crippen molar-refractivity contribution in [2.45, 2.75) is 13.0 Å². The van der Waals surface area contributed by atoms with Crippen LogP contribution in [-0.4, -0.2) is 27.3 Å². The molecule has 3 N–H and O–H groups in total. The number of aromatic carboxylic acids is 2. The van der Waals surface area contributed by atoms with Crippen LogP contribution in [-0.2, 0) is 0 Å². The third-order valence-electron chi connectivity index (χ3n) is 1.68. The van der Waals surface area contributed by atoms with Gasteiger partial charge in [-0.2, -0.15) is 0 Å². The average molecular weight is 200 g/mol. The monoisotopic (exact) mass is 200 g/mol. The van der Waals surface area contributed by atoms with E-state index in [9.17, 15) is 9.59 Å². The second kappa shape index (κ2) is 3.51. The summed E-state index contributed by atoms with van der Waals surface area (Å²) in [4.78, 5) is 21.2. The average Bonchev–Trinajstić information content (AvgIpc) is 2.46. The van der Waals surface area contributed by atoms with Gasteiger partial charge in [-0.15, -0.1) is 0 Å². The quantitative estimate of drug-likeness (QED) is 0.663. The lowest BCUT2D eigenvalue weighted by Gasteiger charge is -2.00. The highest BCUT2D eigenvalue weighted by Crippen LogP contribution is 2.23. The molecule has 0 amide bonds. The first-order chi connectivity index (χ1) is 6.45.